The van der Waals surface area contributed by atoms with Crippen molar-refractivity contribution in [3.05, 3.63) is 26.7 Å². The minimum absolute atomic E-state index is 0.312. The molecule has 1 N–H and O–H groups in total. The van der Waals surface area contributed by atoms with Crippen LogP contribution in [0.3, 0.4) is 0 Å². The molecule has 4 nitrogen and oxygen atoms in total. The lowest BCUT2D eigenvalue weighted by Crippen LogP contribution is -2.16. The first-order chi connectivity index (χ1) is 9.15. The molecule has 6 heteroatoms. The second-order valence-electron chi connectivity index (χ2n) is 4.93. The average Bonchev–Trinajstić information content (AvgIpc) is 2.97. The van der Waals surface area contributed by atoms with Gasteiger partial charge in [-0.2, -0.15) is 0 Å². The largest absolute Gasteiger partial charge is 0.388 e. The van der Waals surface area contributed by atoms with E-state index in [9.17, 15) is 5.11 Å². The molecule has 1 unspecified atom stereocenters. The molecule has 3 rings (SSSR count). The Morgan fingerprint density at radius 3 is 3.05 bits per heavy atom. The standard InChI is InChI=1S/C13H17N3OS2/c1-8-11(18-7-14-8)6-16(2)13-15-9-4-3-5-10(17)12(9)19-13/h7,10,17H,3-6H2,1-2H3. The Balaban J connectivity index is 1.81. The van der Waals surface area contributed by atoms with Crippen LogP contribution in [0.2, 0.25) is 0 Å². The van der Waals surface area contributed by atoms with Crippen LogP contribution in [0.5, 0.6) is 0 Å². The predicted octanol–water partition coefficient (Wildman–Crippen LogP) is 2.91. The number of fused-ring (bicyclic) bond motifs is 1. The van der Waals surface area contributed by atoms with E-state index in [0.717, 1.165) is 47.2 Å². The van der Waals surface area contributed by atoms with Gasteiger partial charge in [-0.15, -0.1) is 11.3 Å². The Morgan fingerprint density at radius 2 is 2.37 bits per heavy atom. The molecule has 0 spiro atoms. The fraction of sp³-hybridized carbons (Fsp3) is 0.538. The summed E-state index contributed by atoms with van der Waals surface area (Å²) in [4.78, 5) is 13.4. The summed E-state index contributed by atoms with van der Waals surface area (Å²) >= 11 is 3.31. The number of nitrogens with zero attached hydrogens (tertiary/aromatic N) is 3. The van der Waals surface area contributed by atoms with E-state index in [1.54, 1.807) is 22.7 Å². The second-order valence-corrected chi connectivity index (χ2v) is 6.88. The number of aliphatic hydroxyl groups excluding tert-OH is 1. The number of hydrogen-bond donors (Lipinski definition) is 1. The van der Waals surface area contributed by atoms with Gasteiger partial charge in [-0.3, -0.25) is 0 Å². The molecule has 1 aliphatic carbocycles. The third-order valence-corrected chi connectivity index (χ3v) is 5.70. The molecule has 0 aliphatic heterocycles. The van der Waals surface area contributed by atoms with Crippen molar-refractivity contribution in [1.82, 2.24) is 9.97 Å². The summed E-state index contributed by atoms with van der Waals surface area (Å²) < 4.78 is 0. The molecule has 0 aromatic carbocycles. The number of hydrogen-bond acceptors (Lipinski definition) is 6. The van der Waals surface area contributed by atoms with Gasteiger partial charge in [-0.1, -0.05) is 11.3 Å². The molecular formula is C13H17N3OS2. The lowest BCUT2D eigenvalue weighted by Gasteiger charge is -2.15. The van der Waals surface area contributed by atoms with E-state index in [-0.39, 0.29) is 6.10 Å². The summed E-state index contributed by atoms with van der Waals surface area (Å²) in [5, 5.41) is 11.0. The van der Waals surface area contributed by atoms with E-state index in [2.05, 4.69) is 21.9 Å². The average molecular weight is 295 g/mol. The van der Waals surface area contributed by atoms with E-state index >= 15 is 0 Å². The van der Waals surface area contributed by atoms with Gasteiger partial charge in [0.05, 0.1) is 34.4 Å². The van der Waals surface area contributed by atoms with Crippen LogP contribution in [-0.2, 0) is 13.0 Å². The van der Waals surface area contributed by atoms with Crippen molar-refractivity contribution in [3.63, 3.8) is 0 Å². The molecule has 0 radical (unpaired) electrons. The van der Waals surface area contributed by atoms with Gasteiger partial charge in [-0.05, 0) is 26.2 Å². The summed E-state index contributed by atoms with van der Waals surface area (Å²) in [7, 11) is 2.05. The number of aromatic nitrogens is 2. The quantitative estimate of drug-likeness (QED) is 0.946. The van der Waals surface area contributed by atoms with E-state index < -0.39 is 0 Å². The van der Waals surface area contributed by atoms with Crippen molar-refractivity contribution in [3.8, 4) is 0 Å². The van der Waals surface area contributed by atoms with Gasteiger partial charge in [0.25, 0.3) is 0 Å². The normalized spacial score (nSPS) is 18.4. The Labute approximate surface area is 120 Å². The molecule has 2 heterocycles. The Kier molecular flexibility index (Phi) is 3.56. The van der Waals surface area contributed by atoms with Crippen molar-refractivity contribution in [2.45, 2.75) is 38.8 Å². The Hall–Kier alpha value is -0.980. The summed E-state index contributed by atoms with van der Waals surface area (Å²) in [5.74, 6) is 0. The Bertz CT molecular complexity index is 578. The predicted molar refractivity (Wildman–Crippen MR) is 79.0 cm³/mol. The lowest BCUT2D eigenvalue weighted by atomic mass is 10.0. The van der Waals surface area contributed by atoms with Crippen LogP contribution in [0.4, 0.5) is 5.13 Å². The smallest absolute Gasteiger partial charge is 0.185 e. The van der Waals surface area contributed by atoms with E-state index in [1.165, 1.54) is 4.88 Å². The Morgan fingerprint density at radius 1 is 1.53 bits per heavy atom. The molecule has 1 aliphatic rings. The van der Waals surface area contributed by atoms with Crippen molar-refractivity contribution >= 4 is 27.8 Å². The molecule has 0 amide bonds. The number of aryl methyl sites for hydroxylation is 2. The van der Waals surface area contributed by atoms with Gasteiger partial charge in [-0.25, -0.2) is 9.97 Å². The highest BCUT2D eigenvalue weighted by molar-refractivity contribution is 7.15. The van der Waals surface area contributed by atoms with Crippen molar-refractivity contribution in [2.24, 2.45) is 0 Å². The number of rotatable bonds is 3. The molecule has 102 valence electrons. The van der Waals surface area contributed by atoms with Crippen LogP contribution >= 0.6 is 22.7 Å². The summed E-state index contributed by atoms with van der Waals surface area (Å²) in [5.41, 5.74) is 4.07. The molecule has 0 fully saturated rings. The summed E-state index contributed by atoms with van der Waals surface area (Å²) in [6.45, 7) is 2.87. The van der Waals surface area contributed by atoms with Gasteiger partial charge in [0, 0.05) is 11.9 Å². The van der Waals surface area contributed by atoms with E-state index in [0.29, 0.717) is 0 Å². The third-order valence-electron chi connectivity index (χ3n) is 3.46. The fourth-order valence-electron chi connectivity index (χ4n) is 2.31. The maximum atomic E-state index is 10.0. The first-order valence-corrected chi connectivity index (χ1v) is 8.12. The fourth-order valence-corrected chi connectivity index (χ4v) is 4.23. The molecule has 1 atom stereocenters. The van der Waals surface area contributed by atoms with Crippen LogP contribution in [0.1, 0.15) is 40.1 Å². The SMILES string of the molecule is Cc1ncsc1CN(C)c1nc2c(s1)C(O)CCC2. The zero-order valence-corrected chi connectivity index (χ0v) is 12.7. The first-order valence-electron chi connectivity index (χ1n) is 6.43. The third kappa shape index (κ3) is 2.52. The number of anilines is 1. The minimum atomic E-state index is -0.312. The molecule has 19 heavy (non-hydrogen) atoms. The highest BCUT2D eigenvalue weighted by atomic mass is 32.1. The summed E-state index contributed by atoms with van der Waals surface area (Å²) in [6.07, 6.45) is 2.59. The zero-order valence-electron chi connectivity index (χ0n) is 11.1. The molecule has 0 bridgehead atoms. The maximum Gasteiger partial charge on any atom is 0.185 e. The summed E-state index contributed by atoms with van der Waals surface area (Å²) in [6, 6.07) is 0. The van der Waals surface area contributed by atoms with Gasteiger partial charge >= 0.3 is 0 Å². The lowest BCUT2D eigenvalue weighted by molar-refractivity contribution is 0.160. The molecular weight excluding hydrogens is 278 g/mol. The van der Waals surface area contributed by atoms with Gasteiger partial charge < -0.3 is 10.0 Å². The molecule has 0 saturated carbocycles. The van der Waals surface area contributed by atoms with Gasteiger partial charge in [0.15, 0.2) is 5.13 Å². The van der Waals surface area contributed by atoms with Crippen LogP contribution in [0.25, 0.3) is 0 Å². The zero-order chi connectivity index (χ0) is 13.4. The molecule has 0 saturated heterocycles. The number of thiazole rings is 2. The minimum Gasteiger partial charge on any atom is -0.388 e. The maximum absolute atomic E-state index is 10.0. The van der Waals surface area contributed by atoms with Crippen LogP contribution in [0.15, 0.2) is 5.51 Å². The van der Waals surface area contributed by atoms with Crippen molar-refractivity contribution in [1.29, 1.82) is 0 Å². The second kappa shape index (κ2) is 5.19. The molecule has 2 aromatic heterocycles. The van der Waals surface area contributed by atoms with Crippen LogP contribution in [0, 0.1) is 6.92 Å². The van der Waals surface area contributed by atoms with Gasteiger partial charge in [0.2, 0.25) is 0 Å². The van der Waals surface area contributed by atoms with Gasteiger partial charge in [0.1, 0.15) is 0 Å². The highest BCUT2D eigenvalue weighted by Crippen LogP contribution is 2.37. The van der Waals surface area contributed by atoms with Crippen molar-refractivity contribution in [2.75, 3.05) is 11.9 Å². The first kappa shape index (κ1) is 13.0. The topological polar surface area (TPSA) is 49.2 Å². The van der Waals surface area contributed by atoms with Crippen LogP contribution < -0.4 is 4.90 Å². The van der Waals surface area contributed by atoms with Crippen LogP contribution in [-0.4, -0.2) is 22.1 Å². The van der Waals surface area contributed by atoms with E-state index in [4.69, 9.17) is 0 Å². The highest BCUT2D eigenvalue weighted by Gasteiger charge is 2.24. The number of aliphatic hydroxyl groups is 1. The molecule has 2 aromatic rings. The van der Waals surface area contributed by atoms with Crippen molar-refractivity contribution < 1.29 is 5.11 Å². The van der Waals surface area contributed by atoms with E-state index in [1.807, 2.05) is 12.4 Å². The monoisotopic (exact) mass is 295 g/mol.